The molecule has 0 bridgehead atoms. The third kappa shape index (κ3) is 4.03. The molecule has 0 aromatic heterocycles. The van der Waals surface area contributed by atoms with E-state index in [2.05, 4.69) is 0 Å². The van der Waals surface area contributed by atoms with Gasteiger partial charge in [-0.2, -0.15) is 10.6 Å². The van der Waals surface area contributed by atoms with E-state index in [0.717, 1.165) is 22.4 Å². The molecule has 2 atom stereocenters. The molecule has 4 rings (SSSR count). The molecule has 166 valence electrons. The van der Waals surface area contributed by atoms with Gasteiger partial charge in [0.15, 0.2) is 11.5 Å². The number of benzene rings is 2. The van der Waals surface area contributed by atoms with Crippen LogP contribution in [0.15, 0.2) is 35.3 Å². The predicted molar refractivity (Wildman–Crippen MR) is 122 cm³/mol. The van der Waals surface area contributed by atoms with Crippen molar-refractivity contribution >= 4 is 22.3 Å². The first kappa shape index (κ1) is 21.7. The van der Waals surface area contributed by atoms with Crippen LogP contribution >= 0.6 is 10.6 Å². The maximum absolute atomic E-state index is 11.4. The number of ether oxygens (including phenoxy) is 2. The van der Waals surface area contributed by atoms with Gasteiger partial charge in [-0.25, -0.2) is 4.79 Å². The molecule has 0 spiro atoms. The molecule has 2 aliphatic rings. The highest BCUT2D eigenvalue weighted by Crippen LogP contribution is 2.53. The number of aromatic carboxylic acids is 1. The Kier molecular flexibility index (Phi) is 5.72. The van der Waals surface area contributed by atoms with Crippen molar-refractivity contribution in [2.45, 2.75) is 32.2 Å². The minimum atomic E-state index is -2.65. The average molecular weight is 446 g/mol. The lowest BCUT2D eigenvalue weighted by atomic mass is 9.81. The zero-order chi connectivity index (χ0) is 22.3. The lowest BCUT2D eigenvalue weighted by Gasteiger charge is -2.45. The van der Waals surface area contributed by atoms with Gasteiger partial charge in [0.05, 0.1) is 31.0 Å². The van der Waals surface area contributed by atoms with Crippen LogP contribution in [-0.4, -0.2) is 57.2 Å². The summed E-state index contributed by atoms with van der Waals surface area (Å²) in [7, 11) is -1.07. The summed E-state index contributed by atoms with van der Waals surface area (Å²) in [5.41, 5.74) is 4.31. The number of carboxylic acid groups (broad SMARTS) is 1. The lowest BCUT2D eigenvalue weighted by molar-refractivity contribution is 0.0696. The van der Waals surface area contributed by atoms with Gasteiger partial charge >= 0.3 is 5.97 Å². The number of hydrogen-bond acceptors (Lipinski definition) is 6. The van der Waals surface area contributed by atoms with Crippen LogP contribution in [0.5, 0.6) is 11.5 Å². The molecule has 0 radical (unpaired) electrons. The molecule has 0 amide bonds. The van der Waals surface area contributed by atoms with Gasteiger partial charge in [0.25, 0.3) is 0 Å². The van der Waals surface area contributed by atoms with Crippen molar-refractivity contribution in [3.05, 3.63) is 58.1 Å². The zero-order valence-corrected chi connectivity index (χ0v) is 18.6. The number of methoxy groups -OCH3 is 1. The monoisotopic (exact) mass is 445 g/mol. The average Bonchev–Trinajstić information content (AvgIpc) is 2.72. The quantitative estimate of drug-likeness (QED) is 0.623. The van der Waals surface area contributed by atoms with Gasteiger partial charge in [0, 0.05) is 28.6 Å². The topological polar surface area (TPSA) is 109 Å². The minimum absolute atomic E-state index is 0.0789. The first-order valence-corrected chi connectivity index (χ1v) is 12.1. The van der Waals surface area contributed by atoms with Crippen molar-refractivity contribution in [3.63, 3.8) is 0 Å². The summed E-state index contributed by atoms with van der Waals surface area (Å²) in [5, 5.41) is 9.37. The van der Waals surface area contributed by atoms with Crippen molar-refractivity contribution < 1.29 is 28.5 Å². The molecule has 7 nitrogen and oxygen atoms in total. The summed E-state index contributed by atoms with van der Waals surface area (Å²) in [4.78, 5) is 16.4. The zero-order valence-electron chi connectivity index (χ0n) is 17.8. The van der Waals surface area contributed by atoms with Crippen LogP contribution in [0.25, 0.3) is 0 Å². The Bertz CT molecular complexity index is 1060. The Morgan fingerprint density at radius 1 is 1.23 bits per heavy atom. The van der Waals surface area contributed by atoms with E-state index in [1.165, 1.54) is 0 Å². The number of rotatable bonds is 5. The van der Waals surface area contributed by atoms with Crippen molar-refractivity contribution in [1.82, 2.24) is 0 Å². The summed E-state index contributed by atoms with van der Waals surface area (Å²) in [6.07, 6.45) is 0.581. The summed E-state index contributed by atoms with van der Waals surface area (Å²) in [5.74, 6) is 0.719. The van der Waals surface area contributed by atoms with Gasteiger partial charge in [0.1, 0.15) is 0 Å². The highest BCUT2D eigenvalue weighted by Gasteiger charge is 2.39. The van der Waals surface area contributed by atoms with Gasteiger partial charge in [-0.1, -0.05) is 6.07 Å². The van der Waals surface area contributed by atoms with Gasteiger partial charge in [-0.3, -0.25) is 14.1 Å². The fraction of sp³-hybridized carbons (Fsp3) is 0.391. The smallest absolute Gasteiger partial charge is 0.335 e. The molecule has 2 aromatic rings. The van der Waals surface area contributed by atoms with Crippen LogP contribution in [0.4, 0.5) is 0 Å². The number of nitrogens with zero attached hydrogens (tertiary/aromatic N) is 1. The molecular weight excluding hydrogens is 418 g/mol. The summed E-state index contributed by atoms with van der Waals surface area (Å²) in [6, 6.07) is 8.96. The molecule has 2 aromatic carbocycles. The van der Waals surface area contributed by atoms with E-state index in [0.29, 0.717) is 35.8 Å². The maximum atomic E-state index is 11.4. The molecular formula is C23H27NO6S. The fourth-order valence-corrected chi connectivity index (χ4v) is 6.24. The number of hydrogen-bond donors (Lipinski definition) is 3. The van der Waals surface area contributed by atoms with E-state index in [1.807, 2.05) is 25.1 Å². The predicted octanol–water partition coefficient (Wildman–Crippen LogP) is 4.56. The standard InChI is InChI=1S/C23H27NO6S/c1-4-30-21-10-16-17(11-20(21)29-3)22(14-5-6-15(23(25)26)13(2)9-14)24-19-7-8-31(27,28)12-18(16)19/h5-6,9-11,18-19,27-28H,4,7-8,12H2,1-3H3,(H,25,26)/t18-,19-/m1/s1. The maximum Gasteiger partial charge on any atom is 0.335 e. The molecule has 0 aliphatic carbocycles. The Morgan fingerprint density at radius 3 is 2.65 bits per heavy atom. The summed E-state index contributed by atoms with van der Waals surface area (Å²) >= 11 is 0. The molecule has 31 heavy (non-hydrogen) atoms. The normalized spacial score (nSPS) is 22.5. The second kappa shape index (κ2) is 8.18. The summed E-state index contributed by atoms with van der Waals surface area (Å²) in [6.45, 7) is 4.16. The molecule has 3 N–H and O–H groups in total. The number of aryl methyl sites for hydroxylation is 1. The molecule has 2 aliphatic heterocycles. The largest absolute Gasteiger partial charge is 0.493 e. The van der Waals surface area contributed by atoms with Crippen LogP contribution in [0.3, 0.4) is 0 Å². The number of aliphatic imine (C=N–C) groups is 1. The van der Waals surface area contributed by atoms with Crippen LogP contribution in [0.2, 0.25) is 0 Å². The van der Waals surface area contributed by atoms with Gasteiger partial charge in [-0.15, -0.1) is 0 Å². The number of fused-ring (bicyclic) bond motifs is 3. The fourth-order valence-electron chi connectivity index (χ4n) is 4.48. The highest BCUT2D eigenvalue weighted by molar-refractivity contribution is 8.24. The third-order valence-electron chi connectivity index (χ3n) is 5.97. The minimum Gasteiger partial charge on any atom is -0.493 e. The highest BCUT2D eigenvalue weighted by atomic mass is 32.3. The van der Waals surface area contributed by atoms with Crippen LogP contribution < -0.4 is 9.47 Å². The van der Waals surface area contributed by atoms with Crippen molar-refractivity contribution in [3.8, 4) is 11.5 Å². The van der Waals surface area contributed by atoms with Gasteiger partial charge in [0.2, 0.25) is 0 Å². The number of carboxylic acids is 1. The van der Waals surface area contributed by atoms with Crippen molar-refractivity contribution in [2.24, 2.45) is 4.99 Å². The van der Waals surface area contributed by atoms with E-state index in [4.69, 9.17) is 14.5 Å². The van der Waals surface area contributed by atoms with E-state index in [1.54, 1.807) is 26.2 Å². The molecule has 0 saturated carbocycles. The molecule has 2 heterocycles. The van der Waals surface area contributed by atoms with Crippen LogP contribution in [0.1, 0.15) is 51.9 Å². The Hall–Kier alpha value is -2.55. The SMILES string of the molecule is CCOc1cc2c(cc1OC)C(c1ccc(C(=O)O)c(C)c1)=N[C@@H]1CCS(O)(O)C[C@H]21. The summed E-state index contributed by atoms with van der Waals surface area (Å²) < 4.78 is 32.1. The van der Waals surface area contributed by atoms with Gasteiger partial charge in [-0.05, 0) is 55.7 Å². The molecule has 0 unspecified atom stereocenters. The lowest BCUT2D eigenvalue weighted by Crippen LogP contribution is -2.36. The second-order valence-corrected chi connectivity index (χ2v) is 10.3. The molecule has 1 saturated heterocycles. The van der Waals surface area contributed by atoms with E-state index in [-0.39, 0.29) is 23.3 Å². The van der Waals surface area contributed by atoms with E-state index in [9.17, 15) is 19.0 Å². The van der Waals surface area contributed by atoms with E-state index >= 15 is 0 Å². The van der Waals surface area contributed by atoms with Crippen molar-refractivity contribution in [1.29, 1.82) is 0 Å². The number of carbonyl (C=O) groups is 1. The van der Waals surface area contributed by atoms with Crippen molar-refractivity contribution in [2.75, 3.05) is 25.2 Å². The van der Waals surface area contributed by atoms with Gasteiger partial charge < -0.3 is 14.6 Å². The Labute approximate surface area is 183 Å². The van der Waals surface area contributed by atoms with Crippen LogP contribution in [-0.2, 0) is 0 Å². The molecule has 8 heteroatoms. The van der Waals surface area contributed by atoms with Crippen LogP contribution in [0, 0.1) is 6.92 Å². The second-order valence-electron chi connectivity index (χ2n) is 7.97. The molecule has 1 fully saturated rings. The van der Waals surface area contributed by atoms with E-state index < -0.39 is 16.6 Å². The Balaban J connectivity index is 1.89. The third-order valence-corrected chi connectivity index (χ3v) is 7.75. The Morgan fingerprint density at radius 2 is 2.00 bits per heavy atom. The first-order valence-electron chi connectivity index (χ1n) is 10.2. The first-order chi connectivity index (χ1) is 14.7.